The highest BCUT2D eigenvalue weighted by Gasteiger charge is 2.08. The predicted molar refractivity (Wildman–Crippen MR) is 53.3 cm³/mol. The van der Waals surface area contributed by atoms with Crippen LogP contribution in [0.4, 0.5) is 5.82 Å². The molecule has 1 aromatic rings. The molecule has 1 aromatic heterocycles. The van der Waals surface area contributed by atoms with Crippen LogP contribution in [0.5, 0.6) is 0 Å². The minimum Gasteiger partial charge on any atom is -0.254 e. The van der Waals surface area contributed by atoms with E-state index in [1.54, 1.807) is 6.92 Å². The van der Waals surface area contributed by atoms with Crippen LogP contribution in [0.3, 0.4) is 0 Å². The van der Waals surface area contributed by atoms with Gasteiger partial charge in [-0.2, -0.15) is 13.1 Å². The van der Waals surface area contributed by atoms with Crippen LogP contribution in [0.25, 0.3) is 0 Å². The van der Waals surface area contributed by atoms with Gasteiger partial charge in [-0.1, -0.05) is 18.5 Å². The smallest absolute Gasteiger partial charge is 0.254 e. The van der Waals surface area contributed by atoms with Crippen molar-refractivity contribution >= 4 is 27.6 Å². The Morgan fingerprint density at radius 2 is 2.21 bits per heavy atom. The third-order valence-corrected chi connectivity index (χ3v) is 2.56. The number of hydrogen-bond acceptors (Lipinski definition) is 4. The fourth-order valence-corrected chi connectivity index (χ4v) is 1.74. The zero-order chi connectivity index (χ0) is 10.6. The molecular formula is C6H9ClN4O2S. The Kier molecular flexibility index (Phi) is 3.62. The van der Waals surface area contributed by atoms with Gasteiger partial charge in [0.05, 0.1) is 0 Å². The van der Waals surface area contributed by atoms with E-state index in [1.807, 2.05) is 0 Å². The first-order chi connectivity index (χ1) is 6.53. The topological polar surface area (TPSA) is 84.0 Å². The third kappa shape index (κ3) is 3.44. The second-order valence-electron chi connectivity index (χ2n) is 2.33. The molecule has 0 amide bonds. The minimum atomic E-state index is -3.55. The predicted octanol–water partition coefficient (Wildman–Crippen LogP) is 0.396. The molecule has 6 nitrogen and oxygen atoms in total. The van der Waals surface area contributed by atoms with Gasteiger partial charge in [-0.3, -0.25) is 4.72 Å². The Labute approximate surface area is 86.9 Å². The SMILES string of the molecule is CCNS(=O)(=O)Nc1cc(Cl)ncn1. The maximum atomic E-state index is 11.2. The molecule has 0 spiro atoms. The van der Waals surface area contributed by atoms with Crippen molar-refractivity contribution < 1.29 is 8.42 Å². The standard InChI is InChI=1S/C6H9ClN4O2S/c1-2-10-14(12,13)11-6-3-5(7)8-4-9-6/h3-4,10H,2H2,1H3,(H,8,9,11). The lowest BCUT2D eigenvalue weighted by molar-refractivity contribution is 0.589. The number of anilines is 1. The fourth-order valence-electron chi connectivity index (χ4n) is 0.753. The second-order valence-corrected chi connectivity index (χ2v) is 4.22. The first-order valence-corrected chi connectivity index (χ1v) is 5.64. The molecule has 0 unspecified atom stereocenters. The summed E-state index contributed by atoms with van der Waals surface area (Å²) >= 11 is 5.54. The monoisotopic (exact) mass is 236 g/mol. The average molecular weight is 237 g/mol. The number of hydrogen-bond donors (Lipinski definition) is 2. The molecule has 14 heavy (non-hydrogen) atoms. The summed E-state index contributed by atoms with van der Waals surface area (Å²) < 4.78 is 26.8. The van der Waals surface area contributed by atoms with E-state index in [1.165, 1.54) is 12.4 Å². The molecule has 0 aliphatic heterocycles. The quantitative estimate of drug-likeness (QED) is 0.741. The van der Waals surface area contributed by atoms with E-state index in [4.69, 9.17) is 11.6 Å². The van der Waals surface area contributed by atoms with Gasteiger partial charge in [-0.05, 0) is 0 Å². The van der Waals surface area contributed by atoms with Gasteiger partial charge in [0.1, 0.15) is 17.3 Å². The molecule has 78 valence electrons. The van der Waals surface area contributed by atoms with Crippen LogP contribution in [-0.2, 0) is 10.2 Å². The van der Waals surface area contributed by atoms with Crippen LogP contribution in [-0.4, -0.2) is 24.9 Å². The van der Waals surface area contributed by atoms with Gasteiger partial charge in [0.2, 0.25) is 0 Å². The number of rotatable bonds is 4. The van der Waals surface area contributed by atoms with E-state index in [0.29, 0.717) is 6.54 Å². The Morgan fingerprint density at radius 1 is 1.50 bits per heavy atom. The van der Waals surface area contributed by atoms with Crippen LogP contribution in [0.1, 0.15) is 6.92 Å². The molecule has 1 heterocycles. The summed E-state index contributed by atoms with van der Waals surface area (Å²) in [7, 11) is -3.55. The van der Waals surface area contributed by atoms with Crippen LogP contribution in [0.15, 0.2) is 12.4 Å². The first-order valence-electron chi connectivity index (χ1n) is 3.78. The molecule has 8 heteroatoms. The minimum absolute atomic E-state index is 0.131. The van der Waals surface area contributed by atoms with Gasteiger partial charge in [0, 0.05) is 12.6 Å². The van der Waals surface area contributed by atoms with E-state index < -0.39 is 10.2 Å². The molecule has 0 aromatic carbocycles. The van der Waals surface area contributed by atoms with Crippen LogP contribution >= 0.6 is 11.6 Å². The molecule has 0 radical (unpaired) electrons. The van der Waals surface area contributed by atoms with E-state index in [0.717, 1.165) is 0 Å². The van der Waals surface area contributed by atoms with Crippen molar-refractivity contribution in [3.05, 3.63) is 17.5 Å². The summed E-state index contributed by atoms with van der Waals surface area (Å²) in [5.41, 5.74) is 0. The van der Waals surface area contributed by atoms with Crippen LogP contribution in [0.2, 0.25) is 5.15 Å². The van der Waals surface area contributed by atoms with Gasteiger partial charge in [-0.25, -0.2) is 9.97 Å². The summed E-state index contributed by atoms with van der Waals surface area (Å²) in [6.07, 6.45) is 1.17. The number of nitrogens with one attached hydrogen (secondary N) is 2. The van der Waals surface area contributed by atoms with Crippen LogP contribution < -0.4 is 9.44 Å². The molecule has 0 bridgehead atoms. The highest BCUT2D eigenvalue weighted by Crippen LogP contribution is 2.09. The molecule has 2 N–H and O–H groups in total. The summed E-state index contributed by atoms with van der Waals surface area (Å²) in [5.74, 6) is 0.131. The van der Waals surface area contributed by atoms with Crippen molar-refractivity contribution in [1.82, 2.24) is 14.7 Å². The number of halogens is 1. The Bertz CT molecular complexity index is 408. The van der Waals surface area contributed by atoms with Crippen LogP contribution in [0, 0.1) is 0 Å². The molecule has 0 atom stereocenters. The van der Waals surface area contributed by atoms with E-state index >= 15 is 0 Å². The van der Waals surface area contributed by atoms with Gasteiger partial charge in [0.15, 0.2) is 0 Å². The third-order valence-electron chi connectivity index (χ3n) is 1.21. The van der Waals surface area contributed by atoms with Crippen molar-refractivity contribution in [2.45, 2.75) is 6.92 Å². The summed E-state index contributed by atoms with van der Waals surface area (Å²) in [6, 6.07) is 1.32. The zero-order valence-electron chi connectivity index (χ0n) is 7.36. The lowest BCUT2D eigenvalue weighted by Crippen LogP contribution is -2.30. The fraction of sp³-hybridized carbons (Fsp3) is 0.333. The second kappa shape index (κ2) is 4.54. The van der Waals surface area contributed by atoms with Gasteiger partial charge in [0.25, 0.3) is 10.2 Å². The normalized spacial score (nSPS) is 11.3. The molecule has 1 rings (SSSR count). The Morgan fingerprint density at radius 3 is 2.79 bits per heavy atom. The summed E-state index contributed by atoms with van der Waals surface area (Å²) in [4.78, 5) is 7.30. The van der Waals surface area contributed by atoms with Crippen molar-refractivity contribution in [3.8, 4) is 0 Å². The van der Waals surface area contributed by atoms with Crippen molar-refractivity contribution in [3.63, 3.8) is 0 Å². The maximum absolute atomic E-state index is 11.2. The number of nitrogens with zero attached hydrogens (tertiary/aromatic N) is 2. The Balaban J connectivity index is 2.79. The highest BCUT2D eigenvalue weighted by atomic mass is 35.5. The summed E-state index contributed by atoms with van der Waals surface area (Å²) in [5, 5.41) is 0.175. The molecule has 0 aliphatic rings. The van der Waals surface area contributed by atoms with Crippen molar-refractivity contribution in [2.24, 2.45) is 0 Å². The molecule has 0 fully saturated rings. The molecule has 0 saturated carbocycles. The van der Waals surface area contributed by atoms with Crippen molar-refractivity contribution in [1.29, 1.82) is 0 Å². The number of aromatic nitrogens is 2. The molecular weight excluding hydrogens is 228 g/mol. The largest absolute Gasteiger partial charge is 0.300 e. The van der Waals surface area contributed by atoms with Gasteiger partial charge < -0.3 is 0 Å². The van der Waals surface area contributed by atoms with Gasteiger partial charge in [-0.15, -0.1) is 0 Å². The van der Waals surface area contributed by atoms with E-state index in [9.17, 15) is 8.42 Å². The van der Waals surface area contributed by atoms with E-state index in [-0.39, 0.29) is 11.0 Å². The van der Waals surface area contributed by atoms with E-state index in [2.05, 4.69) is 19.4 Å². The average Bonchev–Trinajstić information content (AvgIpc) is 2.02. The first kappa shape index (κ1) is 11.2. The highest BCUT2D eigenvalue weighted by molar-refractivity contribution is 7.90. The van der Waals surface area contributed by atoms with Gasteiger partial charge >= 0.3 is 0 Å². The van der Waals surface area contributed by atoms with Crippen molar-refractivity contribution in [2.75, 3.05) is 11.3 Å². The summed E-state index contributed by atoms with van der Waals surface area (Å²) in [6.45, 7) is 1.97. The molecule has 0 aliphatic carbocycles. The molecule has 0 saturated heterocycles. The Hall–Kier alpha value is -0.920. The lowest BCUT2D eigenvalue weighted by atomic mass is 10.6. The lowest BCUT2D eigenvalue weighted by Gasteiger charge is -2.06. The zero-order valence-corrected chi connectivity index (χ0v) is 8.93. The maximum Gasteiger partial charge on any atom is 0.300 e.